The van der Waals surface area contributed by atoms with Crippen LogP contribution in [0.1, 0.15) is 44.6 Å². The molecule has 4 heteroatoms. The highest BCUT2D eigenvalue weighted by Crippen LogP contribution is 2.26. The summed E-state index contributed by atoms with van der Waals surface area (Å²) in [7, 11) is 0. The molecule has 0 spiro atoms. The Morgan fingerprint density at radius 3 is 2.52 bits per heavy atom. The Kier molecular flexibility index (Phi) is 5.62. The zero-order valence-electron chi connectivity index (χ0n) is 12.8. The fourth-order valence-corrected chi connectivity index (χ4v) is 3.26. The van der Waals surface area contributed by atoms with E-state index in [0.29, 0.717) is 24.4 Å². The zero-order chi connectivity index (χ0) is 15.2. The van der Waals surface area contributed by atoms with Gasteiger partial charge < -0.3 is 10.8 Å². The van der Waals surface area contributed by atoms with Gasteiger partial charge in [0.2, 0.25) is 5.91 Å². The number of amides is 1. The summed E-state index contributed by atoms with van der Waals surface area (Å²) in [6.45, 7) is 2.54. The molecule has 1 saturated carbocycles. The molecule has 4 nitrogen and oxygen atoms in total. The van der Waals surface area contributed by atoms with E-state index in [0.717, 1.165) is 12.8 Å². The Morgan fingerprint density at radius 1 is 1.33 bits per heavy atom. The van der Waals surface area contributed by atoms with Crippen molar-refractivity contribution in [2.45, 2.75) is 57.5 Å². The SMILES string of the molecule is CC(CCc1ccc(O)cc1)N(CC(N)=O)C1CCCC1. The van der Waals surface area contributed by atoms with E-state index in [1.54, 1.807) is 12.1 Å². The van der Waals surface area contributed by atoms with Gasteiger partial charge in [0, 0.05) is 12.1 Å². The monoisotopic (exact) mass is 290 g/mol. The highest BCUT2D eigenvalue weighted by atomic mass is 16.3. The van der Waals surface area contributed by atoms with Crippen molar-refractivity contribution in [2.24, 2.45) is 5.73 Å². The van der Waals surface area contributed by atoms with Crippen LogP contribution in [0.5, 0.6) is 5.75 Å². The lowest BCUT2D eigenvalue weighted by atomic mass is 10.0. The number of carbonyl (C=O) groups excluding carboxylic acids is 1. The van der Waals surface area contributed by atoms with Gasteiger partial charge in [-0.1, -0.05) is 25.0 Å². The minimum Gasteiger partial charge on any atom is -0.508 e. The maximum Gasteiger partial charge on any atom is 0.231 e. The third-order valence-electron chi connectivity index (χ3n) is 4.49. The summed E-state index contributed by atoms with van der Waals surface area (Å²) >= 11 is 0. The molecular weight excluding hydrogens is 264 g/mol. The molecule has 1 aromatic carbocycles. The average Bonchev–Trinajstić information content (AvgIpc) is 2.97. The molecule has 3 N–H and O–H groups in total. The maximum absolute atomic E-state index is 11.3. The maximum atomic E-state index is 11.3. The second-order valence-electron chi connectivity index (χ2n) is 6.13. The molecule has 1 fully saturated rings. The van der Waals surface area contributed by atoms with Crippen LogP contribution < -0.4 is 5.73 Å². The number of hydrogen-bond acceptors (Lipinski definition) is 3. The minimum atomic E-state index is -0.238. The van der Waals surface area contributed by atoms with Crippen molar-refractivity contribution in [2.75, 3.05) is 6.54 Å². The predicted molar refractivity (Wildman–Crippen MR) is 84.0 cm³/mol. The van der Waals surface area contributed by atoms with Gasteiger partial charge in [-0.15, -0.1) is 0 Å². The molecule has 0 aliphatic heterocycles. The van der Waals surface area contributed by atoms with E-state index in [4.69, 9.17) is 5.73 Å². The third kappa shape index (κ3) is 4.74. The summed E-state index contributed by atoms with van der Waals surface area (Å²) < 4.78 is 0. The normalized spacial score (nSPS) is 17.2. The molecule has 1 aliphatic carbocycles. The summed E-state index contributed by atoms with van der Waals surface area (Å²) in [5.74, 6) is 0.0616. The second-order valence-corrected chi connectivity index (χ2v) is 6.13. The van der Waals surface area contributed by atoms with Gasteiger partial charge in [-0.2, -0.15) is 0 Å². The molecule has 21 heavy (non-hydrogen) atoms. The van der Waals surface area contributed by atoms with Gasteiger partial charge in [-0.25, -0.2) is 0 Å². The summed E-state index contributed by atoms with van der Waals surface area (Å²) in [6, 6.07) is 8.20. The van der Waals surface area contributed by atoms with Gasteiger partial charge in [0.25, 0.3) is 0 Å². The van der Waals surface area contributed by atoms with Gasteiger partial charge in [-0.05, 0) is 50.3 Å². The fraction of sp³-hybridized carbons (Fsp3) is 0.588. The van der Waals surface area contributed by atoms with Crippen molar-refractivity contribution in [1.82, 2.24) is 4.90 Å². The molecule has 1 amide bonds. The number of hydrogen-bond donors (Lipinski definition) is 2. The first-order valence-electron chi connectivity index (χ1n) is 7.88. The molecule has 1 aliphatic rings. The summed E-state index contributed by atoms with van der Waals surface area (Å²) in [6.07, 6.45) is 6.81. The highest BCUT2D eigenvalue weighted by molar-refractivity contribution is 5.76. The molecule has 1 aromatic rings. The van der Waals surface area contributed by atoms with E-state index < -0.39 is 0 Å². The first-order chi connectivity index (χ1) is 10.1. The van der Waals surface area contributed by atoms with Gasteiger partial charge >= 0.3 is 0 Å². The predicted octanol–water partition coefficient (Wildman–Crippen LogP) is 2.44. The molecule has 2 rings (SSSR count). The van der Waals surface area contributed by atoms with Crippen LogP contribution in [0.15, 0.2) is 24.3 Å². The third-order valence-corrected chi connectivity index (χ3v) is 4.49. The topological polar surface area (TPSA) is 66.6 Å². The molecule has 0 radical (unpaired) electrons. The highest BCUT2D eigenvalue weighted by Gasteiger charge is 2.27. The number of nitrogens with two attached hydrogens (primary N) is 1. The standard InChI is InChI=1S/C17H26N2O2/c1-13(6-7-14-8-10-16(20)11-9-14)19(12-17(18)21)15-4-2-3-5-15/h8-11,13,15,20H,2-7,12H2,1H3,(H2,18,21). The van der Waals surface area contributed by atoms with E-state index in [-0.39, 0.29) is 5.91 Å². The number of benzene rings is 1. The van der Waals surface area contributed by atoms with Crippen LogP contribution in [-0.2, 0) is 11.2 Å². The minimum absolute atomic E-state index is 0.238. The van der Waals surface area contributed by atoms with Crippen LogP contribution in [0.2, 0.25) is 0 Å². The number of phenolic OH excluding ortho intramolecular Hbond substituents is 1. The van der Waals surface area contributed by atoms with Crippen LogP contribution in [0.25, 0.3) is 0 Å². The van der Waals surface area contributed by atoms with Crippen molar-refractivity contribution >= 4 is 5.91 Å². The number of phenols is 1. The second kappa shape index (κ2) is 7.46. The quantitative estimate of drug-likeness (QED) is 0.810. The Hall–Kier alpha value is -1.55. The molecule has 0 aromatic heterocycles. The Bertz CT molecular complexity index is 452. The molecule has 0 bridgehead atoms. The Balaban J connectivity index is 1.92. The molecule has 1 atom stereocenters. The average molecular weight is 290 g/mol. The first kappa shape index (κ1) is 15.8. The number of aryl methyl sites for hydroxylation is 1. The van der Waals surface area contributed by atoms with E-state index in [1.165, 1.54) is 31.2 Å². The number of rotatable bonds is 7. The summed E-state index contributed by atoms with van der Waals surface area (Å²) in [4.78, 5) is 13.6. The van der Waals surface area contributed by atoms with Crippen molar-refractivity contribution in [3.63, 3.8) is 0 Å². The fourth-order valence-electron chi connectivity index (χ4n) is 3.26. The van der Waals surface area contributed by atoms with Crippen molar-refractivity contribution < 1.29 is 9.90 Å². The lowest BCUT2D eigenvalue weighted by Gasteiger charge is -2.33. The lowest BCUT2D eigenvalue weighted by molar-refractivity contribution is -0.120. The van der Waals surface area contributed by atoms with Crippen LogP contribution >= 0.6 is 0 Å². The number of nitrogens with zero attached hydrogens (tertiary/aromatic N) is 1. The van der Waals surface area contributed by atoms with Crippen molar-refractivity contribution in [3.05, 3.63) is 29.8 Å². The van der Waals surface area contributed by atoms with Gasteiger partial charge in [0.05, 0.1) is 6.54 Å². The molecular formula is C17H26N2O2. The van der Waals surface area contributed by atoms with E-state index in [1.807, 2.05) is 12.1 Å². The van der Waals surface area contributed by atoms with E-state index in [9.17, 15) is 9.90 Å². The van der Waals surface area contributed by atoms with Gasteiger partial charge in [0.15, 0.2) is 0 Å². The Morgan fingerprint density at radius 2 is 1.95 bits per heavy atom. The number of carbonyl (C=O) groups is 1. The molecule has 0 heterocycles. The van der Waals surface area contributed by atoms with Crippen LogP contribution in [-0.4, -0.2) is 34.5 Å². The van der Waals surface area contributed by atoms with Gasteiger partial charge in [0.1, 0.15) is 5.75 Å². The van der Waals surface area contributed by atoms with E-state index >= 15 is 0 Å². The zero-order valence-corrected chi connectivity index (χ0v) is 12.8. The van der Waals surface area contributed by atoms with Crippen molar-refractivity contribution in [1.29, 1.82) is 0 Å². The molecule has 0 saturated heterocycles. The van der Waals surface area contributed by atoms with Crippen LogP contribution in [0, 0.1) is 0 Å². The number of primary amides is 1. The van der Waals surface area contributed by atoms with E-state index in [2.05, 4.69) is 11.8 Å². The molecule has 116 valence electrons. The van der Waals surface area contributed by atoms with Gasteiger partial charge in [-0.3, -0.25) is 9.69 Å². The number of aromatic hydroxyl groups is 1. The summed E-state index contributed by atoms with van der Waals surface area (Å²) in [5.41, 5.74) is 6.63. The first-order valence-corrected chi connectivity index (χ1v) is 7.88. The van der Waals surface area contributed by atoms with Crippen molar-refractivity contribution in [3.8, 4) is 5.75 Å². The largest absolute Gasteiger partial charge is 0.508 e. The lowest BCUT2D eigenvalue weighted by Crippen LogP contribution is -2.45. The Labute approximate surface area is 126 Å². The van der Waals surface area contributed by atoms with Crippen LogP contribution in [0.3, 0.4) is 0 Å². The van der Waals surface area contributed by atoms with Crippen LogP contribution in [0.4, 0.5) is 0 Å². The smallest absolute Gasteiger partial charge is 0.231 e. The summed E-state index contributed by atoms with van der Waals surface area (Å²) in [5, 5.41) is 9.31. The molecule has 1 unspecified atom stereocenters.